The third-order valence-corrected chi connectivity index (χ3v) is 4.43. The number of aromatic carboxylic acids is 1. The smallest absolute Gasteiger partial charge is 0.335 e. The summed E-state index contributed by atoms with van der Waals surface area (Å²) < 4.78 is 0. The van der Waals surface area contributed by atoms with Gasteiger partial charge in [0.2, 0.25) is 0 Å². The van der Waals surface area contributed by atoms with Crippen molar-refractivity contribution in [3.63, 3.8) is 0 Å². The molecule has 0 atom stereocenters. The molecular formula is C16H17NO3S. The number of carbonyl (C=O) groups is 2. The summed E-state index contributed by atoms with van der Waals surface area (Å²) in [5.74, 6) is -1.13. The standard InChI is InChI=1S/C16H17NO3S/c1-4-11-8-14(21-10(11)3)15(18)17-12-5-6-13(16(19)20)9(2)7-12/h5-8H,4H2,1-3H3,(H,17,18)(H,19,20). The molecule has 0 aliphatic carbocycles. The van der Waals surface area contributed by atoms with Gasteiger partial charge in [-0.3, -0.25) is 4.79 Å². The maximum absolute atomic E-state index is 12.2. The molecule has 110 valence electrons. The van der Waals surface area contributed by atoms with Crippen molar-refractivity contribution in [1.29, 1.82) is 0 Å². The van der Waals surface area contributed by atoms with Crippen LogP contribution in [0.2, 0.25) is 0 Å². The van der Waals surface area contributed by atoms with E-state index in [1.807, 2.05) is 13.0 Å². The molecule has 0 fully saturated rings. The normalized spacial score (nSPS) is 10.4. The van der Waals surface area contributed by atoms with E-state index in [1.165, 1.54) is 23.0 Å². The van der Waals surface area contributed by atoms with Crippen LogP contribution in [-0.4, -0.2) is 17.0 Å². The Morgan fingerprint density at radius 2 is 1.95 bits per heavy atom. The molecule has 21 heavy (non-hydrogen) atoms. The van der Waals surface area contributed by atoms with E-state index in [-0.39, 0.29) is 11.5 Å². The van der Waals surface area contributed by atoms with Gasteiger partial charge < -0.3 is 10.4 Å². The van der Waals surface area contributed by atoms with Gasteiger partial charge in [0.25, 0.3) is 5.91 Å². The molecule has 0 radical (unpaired) electrons. The first-order valence-corrected chi connectivity index (χ1v) is 7.48. The summed E-state index contributed by atoms with van der Waals surface area (Å²) in [6.45, 7) is 5.78. The SMILES string of the molecule is CCc1cc(C(=O)Nc2ccc(C(=O)O)c(C)c2)sc1C. The number of hydrogen-bond acceptors (Lipinski definition) is 3. The van der Waals surface area contributed by atoms with E-state index in [0.29, 0.717) is 16.1 Å². The second kappa shape index (κ2) is 6.10. The van der Waals surface area contributed by atoms with Gasteiger partial charge in [0.1, 0.15) is 0 Å². The van der Waals surface area contributed by atoms with Crippen molar-refractivity contribution in [3.05, 3.63) is 50.7 Å². The maximum atomic E-state index is 12.2. The van der Waals surface area contributed by atoms with Gasteiger partial charge >= 0.3 is 5.97 Å². The summed E-state index contributed by atoms with van der Waals surface area (Å²) >= 11 is 1.47. The van der Waals surface area contributed by atoms with E-state index < -0.39 is 5.97 Å². The topological polar surface area (TPSA) is 66.4 Å². The lowest BCUT2D eigenvalue weighted by Crippen LogP contribution is -2.11. The van der Waals surface area contributed by atoms with Crippen molar-refractivity contribution >= 4 is 28.9 Å². The summed E-state index contributed by atoms with van der Waals surface area (Å²) in [5, 5.41) is 11.8. The van der Waals surface area contributed by atoms with Crippen molar-refractivity contribution in [2.24, 2.45) is 0 Å². The third-order valence-electron chi connectivity index (χ3n) is 3.34. The van der Waals surface area contributed by atoms with Crippen molar-refractivity contribution in [1.82, 2.24) is 0 Å². The molecule has 1 aromatic carbocycles. The minimum absolute atomic E-state index is 0.162. The fraction of sp³-hybridized carbons (Fsp3) is 0.250. The Morgan fingerprint density at radius 1 is 1.24 bits per heavy atom. The predicted octanol–water partition coefficient (Wildman–Crippen LogP) is 3.88. The Bertz CT molecular complexity index is 704. The summed E-state index contributed by atoms with van der Waals surface area (Å²) in [5.41, 5.74) is 2.65. The molecule has 0 unspecified atom stereocenters. The number of amides is 1. The zero-order valence-electron chi connectivity index (χ0n) is 12.2. The number of carbonyl (C=O) groups excluding carboxylic acids is 1. The summed E-state index contributed by atoms with van der Waals surface area (Å²) in [4.78, 5) is 25.0. The molecule has 5 heteroatoms. The molecule has 0 bridgehead atoms. The largest absolute Gasteiger partial charge is 0.478 e. The molecule has 0 aliphatic rings. The number of rotatable bonds is 4. The summed E-state index contributed by atoms with van der Waals surface area (Å²) in [6.07, 6.45) is 0.905. The number of benzene rings is 1. The molecule has 0 saturated carbocycles. The van der Waals surface area contributed by atoms with Gasteiger partial charge in [0.05, 0.1) is 10.4 Å². The van der Waals surface area contributed by atoms with E-state index in [0.717, 1.165) is 11.3 Å². The lowest BCUT2D eigenvalue weighted by atomic mass is 10.1. The van der Waals surface area contributed by atoms with Crippen LogP contribution < -0.4 is 5.32 Å². The van der Waals surface area contributed by atoms with Gasteiger partial charge in [-0.25, -0.2) is 4.79 Å². The molecule has 1 amide bonds. The maximum Gasteiger partial charge on any atom is 0.335 e. The fourth-order valence-electron chi connectivity index (χ4n) is 2.16. The second-order valence-corrected chi connectivity index (χ2v) is 6.09. The van der Waals surface area contributed by atoms with E-state index in [4.69, 9.17) is 5.11 Å². The van der Waals surface area contributed by atoms with Crippen molar-refractivity contribution in [2.45, 2.75) is 27.2 Å². The van der Waals surface area contributed by atoms with Crippen LogP contribution in [0.15, 0.2) is 24.3 Å². The molecule has 1 heterocycles. The first-order valence-electron chi connectivity index (χ1n) is 6.67. The summed E-state index contributed by atoms with van der Waals surface area (Å²) in [6, 6.07) is 6.69. The number of anilines is 1. The highest BCUT2D eigenvalue weighted by atomic mass is 32.1. The Morgan fingerprint density at radius 3 is 2.48 bits per heavy atom. The lowest BCUT2D eigenvalue weighted by Gasteiger charge is -2.06. The Kier molecular flexibility index (Phi) is 4.43. The minimum atomic E-state index is -0.966. The van der Waals surface area contributed by atoms with Crippen molar-refractivity contribution < 1.29 is 14.7 Å². The number of thiophene rings is 1. The summed E-state index contributed by atoms with van der Waals surface area (Å²) in [7, 11) is 0. The van der Waals surface area contributed by atoms with Crippen LogP contribution in [0.4, 0.5) is 5.69 Å². The zero-order valence-corrected chi connectivity index (χ0v) is 13.0. The highest BCUT2D eigenvalue weighted by Crippen LogP contribution is 2.23. The number of hydrogen-bond donors (Lipinski definition) is 2. The second-order valence-electron chi connectivity index (χ2n) is 4.83. The molecule has 2 rings (SSSR count). The van der Waals surface area contributed by atoms with Crippen molar-refractivity contribution in [3.8, 4) is 0 Å². The monoisotopic (exact) mass is 303 g/mol. The van der Waals surface area contributed by atoms with Gasteiger partial charge in [-0.05, 0) is 55.7 Å². The van der Waals surface area contributed by atoms with Crippen LogP contribution in [0.5, 0.6) is 0 Å². The molecule has 1 aromatic heterocycles. The minimum Gasteiger partial charge on any atom is -0.478 e. The molecule has 0 spiro atoms. The van der Waals surface area contributed by atoms with E-state index in [9.17, 15) is 9.59 Å². The van der Waals surface area contributed by atoms with Crippen LogP contribution in [0.1, 0.15) is 43.0 Å². The van der Waals surface area contributed by atoms with Crippen LogP contribution in [0, 0.1) is 13.8 Å². The van der Waals surface area contributed by atoms with Gasteiger partial charge in [0, 0.05) is 10.6 Å². The van der Waals surface area contributed by atoms with Gasteiger partial charge in [-0.1, -0.05) is 6.92 Å². The van der Waals surface area contributed by atoms with E-state index >= 15 is 0 Å². The molecule has 2 aromatic rings. The number of carboxylic acids is 1. The Labute approximate surface area is 127 Å². The number of aryl methyl sites for hydroxylation is 3. The van der Waals surface area contributed by atoms with Crippen LogP contribution in [-0.2, 0) is 6.42 Å². The highest BCUT2D eigenvalue weighted by molar-refractivity contribution is 7.14. The van der Waals surface area contributed by atoms with Gasteiger partial charge in [-0.2, -0.15) is 0 Å². The molecule has 0 saturated heterocycles. The number of nitrogens with one attached hydrogen (secondary N) is 1. The lowest BCUT2D eigenvalue weighted by molar-refractivity contribution is 0.0696. The van der Waals surface area contributed by atoms with Crippen LogP contribution in [0.25, 0.3) is 0 Å². The van der Waals surface area contributed by atoms with E-state index in [2.05, 4.69) is 12.2 Å². The average molecular weight is 303 g/mol. The molecular weight excluding hydrogens is 286 g/mol. The van der Waals surface area contributed by atoms with E-state index in [1.54, 1.807) is 19.1 Å². The third kappa shape index (κ3) is 3.31. The molecule has 2 N–H and O–H groups in total. The van der Waals surface area contributed by atoms with Crippen LogP contribution in [0.3, 0.4) is 0 Å². The number of carboxylic acid groups (broad SMARTS) is 1. The zero-order chi connectivity index (χ0) is 15.6. The molecule has 4 nitrogen and oxygen atoms in total. The van der Waals surface area contributed by atoms with Gasteiger partial charge in [0.15, 0.2) is 0 Å². The highest BCUT2D eigenvalue weighted by Gasteiger charge is 2.13. The first-order chi connectivity index (χ1) is 9.92. The Hall–Kier alpha value is -2.14. The van der Waals surface area contributed by atoms with Crippen LogP contribution >= 0.6 is 11.3 Å². The molecule has 0 aliphatic heterocycles. The fourth-order valence-corrected chi connectivity index (χ4v) is 3.17. The van der Waals surface area contributed by atoms with Gasteiger partial charge in [-0.15, -0.1) is 11.3 Å². The quantitative estimate of drug-likeness (QED) is 0.900. The Balaban J connectivity index is 2.19. The first kappa shape index (κ1) is 15.3. The van der Waals surface area contributed by atoms with Crippen molar-refractivity contribution in [2.75, 3.05) is 5.32 Å². The predicted molar refractivity (Wildman–Crippen MR) is 84.5 cm³/mol. The average Bonchev–Trinajstić information content (AvgIpc) is 2.79.